The van der Waals surface area contributed by atoms with E-state index < -0.39 is 0 Å². The molecular weight excluding hydrogens is 208 g/mol. The molecule has 0 saturated carbocycles. The first-order valence-corrected chi connectivity index (χ1v) is 4.87. The van der Waals surface area contributed by atoms with Crippen molar-refractivity contribution < 1.29 is 14.7 Å². The highest BCUT2D eigenvalue weighted by atomic mass is 16.5. The van der Waals surface area contributed by atoms with E-state index in [0.29, 0.717) is 18.7 Å². The van der Waals surface area contributed by atoms with E-state index in [1.807, 2.05) is 0 Å². The minimum absolute atomic E-state index is 0.0878. The maximum Gasteiger partial charge on any atom is 0.161 e. The van der Waals surface area contributed by atoms with Crippen LogP contribution in [0.4, 0.5) is 0 Å². The van der Waals surface area contributed by atoms with Crippen molar-refractivity contribution >= 4 is 0 Å². The number of aromatic nitrogens is 1. The van der Waals surface area contributed by atoms with E-state index in [1.165, 1.54) is 12.3 Å². The molecular formula is C11H12N2O3. The van der Waals surface area contributed by atoms with Crippen LogP contribution in [0.2, 0.25) is 0 Å². The van der Waals surface area contributed by atoms with Crippen molar-refractivity contribution in [3.8, 4) is 11.5 Å². The zero-order chi connectivity index (χ0) is 11.4. The number of aromatic hydroxyl groups is 2. The number of para-hydroxylation sites is 1. The first kappa shape index (κ1) is 10.5. The van der Waals surface area contributed by atoms with Crippen molar-refractivity contribution in [2.75, 3.05) is 0 Å². The molecule has 2 rings (SSSR count). The van der Waals surface area contributed by atoms with Gasteiger partial charge < -0.3 is 20.1 Å². The molecule has 0 fully saturated rings. The fourth-order valence-electron chi connectivity index (χ4n) is 1.37. The molecule has 5 nitrogen and oxygen atoms in total. The Morgan fingerprint density at radius 3 is 2.81 bits per heavy atom. The number of phenolic OH excluding ortho intramolecular Hbond substituents is 2. The molecule has 1 heterocycles. The molecule has 0 aliphatic carbocycles. The third-order valence-electron chi connectivity index (χ3n) is 2.21. The van der Waals surface area contributed by atoms with E-state index in [1.54, 1.807) is 18.2 Å². The minimum atomic E-state index is -0.110. The summed E-state index contributed by atoms with van der Waals surface area (Å²) < 4.78 is 4.68. The molecule has 0 aliphatic heterocycles. The summed E-state index contributed by atoms with van der Waals surface area (Å²) in [5, 5.41) is 25.6. The zero-order valence-corrected chi connectivity index (χ0v) is 8.55. The first-order chi connectivity index (χ1) is 7.77. The van der Waals surface area contributed by atoms with Crippen molar-refractivity contribution in [1.29, 1.82) is 0 Å². The van der Waals surface area contributed by atoms with E-state index >= 15 is 0 Å². The van der Waals surface area contributed by atoms with Crippen LogP contribution in [-0.4, -0.2) is 15.4 Å². The van der Waals surface area contributed by atoms with Gasteiger partial charge in [-0.25, -0.2) is 0 Å². The van der Waals surface area contributed by atoms with Crippen LogP contribution in [0, 0.1) is 0 Å². The van der Waals surface area contributed by atoms with Crippen molar-refractivity contribution in [2.24, 2.45) is 0 Å². The third kappa shape index (κ3) is 2.32. The summed E-state index contributed by atoms with van der Waals surface area (Å²) in [7, 11) is 0. The van der Waals surface area contributed by atoms with Gasteiger partial charge in [0.25, 0.3) is 0 Å². The summed E-state index contributed by atoms with van der Waals surface area (Å²) in [6.07, 6.45) is 1.50. The van der Waals surface area contributed by atoms with Gasteiger partial charge in [0.15, 0.2) is 11.5 Å². The summed E-state index contributed by atoms with van der Waals surface area (Å²) in [4.78, 5) is 0. The SMILES string of the molecule is Oc1cccc(CNCc2ccon2)c1O. The van der Waals surface area contributed by atoms with Crippen molar-refractivity contribution in [3.63, 3.8) is 0 Å². The average molecular weight is 220 g/mol. The number of phenols is 2. The quantitative estimate of drug-likeness (QED) is 0.678. The lowest BCUT2D eigenvalue weighted by Gasteiger charge is -2.06. The van der Waals surface area contributed by atoms with Crippen LogP contribution < -0.4 is 5.32 Å². The molecule has 0 saturated heterocycles. The molecule has 0 unspecified atom stereocenters. The normalized spacial score (nSPS) is 10.5. The lowest BCUT2D eigenvalue weighted by Crippen LogP contribution is -2.12. The topological polar surface area (TPSA) is 78.5 Å². The molecule has 16 heavy (non-hydrogen) atoms. The van der Waals surface area contributed by atoms with Crippen LogP contribution in [0.3, 0.4) is 0 Å². The molecule has 0 spiro atoms. The number of nitrogens with one attached hydrogen (secondary N) is 1. The molecule has 84 valence electrons. The van der Waals surface area contributed by atoms with Crippen molar-refractivity contribution in [3.05, 3.63) is 41.8 Å². The van der Waals surface area contributed by atoms with Crippen LogP contribution in [0.5, 0.6) is 11.5 Å². The number of benzene rings is 1. The molecule has 1 aromatic heterocycles. The Bertz CT molecular complexity index is 454. The van der Waals surface area contributed by atoms with Gasteiger partial charge in [0.1, 0.15) is 6.26 Å². The number of hydrogen-bond donors (Lipinski definition) is 3. The average Bonchev–Trinajstić information content (AvgIpc) is 2.77. The lowest BCUT2D eigenvalue weighted by molar-refractivity contribution is 0.396. The van der Waals surface area contributed by atoms with Crippen LogP contribution in [0.1, 0.15) is 11.3 Å². The molecule has 0 radical (unpaired) electrons. The fourth-order valence-corrected chi connectivity index (χ4v) is 1.37. The molecule has 1 aromatic carbocycles. The zero-order valence-electron chi connectivity index (χ0n) is 8.55. The predicted molar refractivity (Wildman–Crippen MR) is 56.8 cm³/mol. The van der Waals surface area contributed by atoms with Gasteiger partial charge in [-0.2, -0.15) is 0 Å². The second-order valence-corrected chi connectivity index (χ2v) is 3.38. The summed E-state index contributed by atoms with van der Waals surface area (Å²) in [5.41, 5.74) is 1.43. The Hall–Kier alpha value is -2.01. The van der Waals surface area contributed by atoms with E-state index in [2.05, 4.69) is 15.0 Å². The van der Waals surface area contributed by atoms with Crippen LogP contribution in [0.15, 0.2) is 35.1 Å². The Kier molecular flexibility index (Phi) is 3.07. The monoisotopic (exact) mass is 220 g/mol. The maximum atomic E-state index is 9.53. The second kappa shape index (κ2) is 4.67. The van der Waals surface area contributed by atoms with Crippen LogP contribution in [-0.2, 0) is 13.1 Å². The smallest absolute Gasteiger partial charge is 0.161 e. The molecule has 2 aromatic rings. The van der Waals surface area contributed by atoms with Gasteiger partial charge in [0.2, 0.25) is 0 Å². The fraction of sp³-hybridized carbons (Fsp3) is 0.182. The lowest BCUT2D eigenvalue weighted by atomic mass is 10.2. The Balaban J connectivity index is 1.92. The van der Waals surface area contributed by atoms with Crippen LogP contribution in [0.25, 0.3) is 0 Å². The summed E-state index contributed by atoms with van der Waals surface area (Å²) in [6.45, 7) is 0.999. The van der Waals surface area contributed by atoms with Gasteiger partial charge in [0.05, 0.1) is 5.69 Å². The van der Waals surface area contributed by atoms with Gasteiger partial charge >= 0.3 is 0 Å². The number of hydrogen-bond acceptors (Lipinski definition) is 5. The maximum absolute atomic E-state index is 9.53. The van der Waals surface area contributed by atoms with Gasteiger partial charge in [-0.3, -0.25) is 0 Å². The molecule has 0 bridgehead atoms. The first-order valence-electron chi connectivity index (χ1n) is 4.87. The number of rotatable bonds is 4. The summed E-state index contributed by atoms with van der Waals surface area (Å²) in [5.74, 6) is -0.198. The van der Waals surface area contributed by atoms with E-state index in [0.717, 1.165) is 5.69 Å². The Labute approximate surface area is 92.3 Å². The third-order valence-corrected chi connectivity index (χ3v) is 2.21. The largest absolute Gasteiger partial charge is 0.504 e. The summed E-state index contributed by atoms with van der Waals surface area (Å²) >= 11 is 0. The van der Waals surface area contributed by atoms with E-state index in [4.69, 9.17) is 0 Å². The van der Waals surface area contributed by atoms with Gasteiger partial charge in [0, 0.05) is 24.7 Å². The number of nitrogens with zero attached hydrogens (tertiary/aromatic N) is 1. The standard InChI is InChI=1S/C11H12N2O3/c14-10-3-1-2-8(11(10)15)6-12-7-9-4-5-16-13-9/h1-5,12,14-15H,6-7H2. The van der Waals surface area contributed by atoms with Gasteiger partial charge in [-0.15, -0.1) is 0 Å². The molecule has 5 heteroatoms. The Morgan fingerprint density at radius 2 is 2.06 bits per heavy atom. The van der Waals surface area contributed by atoms with Crippen molar-refractivity contribution in [1.82, 2.24) is 10.5 Å². The molecule has 0 amide bonds. The highest BCUT2D eigenvalue weighted by molar-refractivity contribution is 5.44. The Morgan fingerprint density at radius 1 is 1.19 bits per heavy atom. The van der Waals surface area contributed by atoms with E-state index in [-0.39, 0.29) is 11.5 Å². The predicted octanol–water partition coefficient (Wildman–Crippen LogP) is 1.38. The highest BCUT2D eigenvalue weighted by Crippen LogP contribution is 2.27. The highest BCUT2D eigenvalue weighted by Gasteiger charge is 2.05. The minimum Gasteiger partial charge on any atom is -0.504 e. The second-order valence-electron chi connectivity index (χ2n) is 3.38. The molecule has 0 aliphatic rings. The molecule has 0 atom stereocenters. The summed E-state index contributed by atoms with van der Waals surface area (Å²) in [6, 6.07) is 6.62. The molecule has 3 N–H and O–H groups in total. The van der Waals surface area contributed by atoms with Gasteiger partial charge in [-0.05, 0) is 6.07 Å². The van der Waals surface area contributed by atoms with Crippen LogP contribution >= 0.6 is 0 Å². The van der Waals surface area contributed by atoms with Gasteiger partial charge in [-0.1, -0.05) is 17.3 Å². The van der Waals surface area contributed by atoms with Crippen molar-refractivity contribution in [2.45, 2.75) is 13.1 Å². The van der Waals surface area contributed by atoms with E-state index in [9.17, 15) is 10.2 Å².